The first kappa shape index (κ1) is 29.7. The molecule has 222 valence electrons. The number of carbonyl (C=O) groups excluding carboxylic acids is 2. The van der Waals surface area contributed by atoms with Crippen molar-refractivity contribution < 1.29 is 23.8 Å². The lowest BCUT2D eigenvalue weighted by Gasteiger charge is -2.31. The van der Waals surface area contributed by atoms with Gasteiger partial charge in [-0.05, 0) is 80.5 Å². The van der Waals surface area contributed by atoms with Crippen molar-refractivity contribution in [3.8, 4) is 0 Å². The summed E-state index contributed by atoms with van der Waals surface area (Å²) in [5, 5.41) is 14.3. The molecular formula is C33H39FN4O4. The summed E-state index contributed by atoms with van der Waals surface area (Å²) in [6, 6.07) is 16.0. The first-order valence-electron chi connectivity index (χ1n) is 14.5. The van der Waals surface area contributed by atoms with E-state index in [9.17, 15) is 14.7 Å². The molecule has 2 aliphatic rings. The Morgan fingerprint density at radius 2 is 1.79 bits per heavy atom. The van der Waals surface area contributed by atoms with E-state index in [1.54, 1.807) is 69.6 Å². The summed E-state index contributed by atoms with van der Waals surface area (Å²) < 4.78 is 20.8. The number of pyridine rings is 1. The number of hydrogen-bond donors (Lipinski definition) is 3. The molecule has 2 fully saturated rings. The molecule has 2 aromatic carbocycles. The molecule has 0 radical (unpaired) electrons. The van der Waals surface area contributed by atoms with Gasteiger partial charge in [-0.25, -0.2) is 9.18 Å². The van der Waals surface area contributed by atoms with Crippen LogP contribution in [0.4, 0.5) is 14.9 Å². The second-order valence-corrected chi connectivity index (χ2v) is 12.6. The summed E-state index contributed by atoms with van der Waals surface area (Å²) in [7, 11) is 0. The summed E-state index contributed by atoms with van der Waals surface area (Å²) in [6.45, 7) is 5.03. The summed E-state index contributed by atoms with van der Waals surface area (Å²) in [5.41, 5.74) is 5.85. The molecule has 1 unspecified atom stereocenters. The van der Waals surface area contributed by atoms with E-state index >= 15 is 4.39 Å². The fourth-order valence-corrected chi connectivity index (χ4v) is 5.65. The number of β-amino-alcohol motifs (C(OH)–C–C–N with tert-alkyl or cyclic N) is 1. The fourth-order valence-electron chi connectivity index (χ4n) is 5.65. The molecule has 2 heterocycles. The van der Waals surface area contributed by atoms with Crippen molar-refractivity contribution in [3.05, 3.63) is 95.6 Å². The van der Waals surface area contributed by atoms with E-state index in [4.69, 9.17) is 10.5 Å². The van der Waals surface area contributed by atoms with E-state index in [1.807, 2.05) is 18.2 Å². The number of ether oxygens (including phenoxy) is 1. The van der Waals surface area contributed by atoms with Crippen LogP contribution >= 0.6 is 0 Å². The molecule has 4 N–H and O–H groups in total. The molecule has 1 aliphatic heterocycles. The quantitative estimate of drug-likeness (QED) is 0.329. The Hall–Kier alpha value is -3.82. The topological polar surface area (TPSA) is 118 Å². The number of nitrogens with two attached hydrogens (primary N) is 1. The summed E-state index contributed by atoms with van der Waals surface area (Å²) >= 11 is 0. The summed E-state index contributed by atoms with van der Waals surface area (Å²) in [5.74, 6) is -0.626. The van der Waals surface area contributed by atoms with Crippen molar-refractivity contribution in [1.29, 1.82) is 0 Å². The third-order valence-electron chi connectivity index (χ3n) is 8.16. The van der Waals surface area contributed by atoms with Crippen molar-refractivity contribution in [2.24, 2.45) is 11.7 Å². The lowest BCUT2D eigenvalue weighted by molar-refractivity contribution is -0.120. The van der Waals surface area contributed by atoms with Gasteiger partial charge in [-0.15, -0.1) is 0 Å². The van der Waals surface area contributed by atoms with E-state index in [0.717, 1.165) is 12.0 Å². The highest BCUT2D eigenvalue weighted by molar-refractivity contribution is 5.97. The maximum atomic E-state index is 15.2. The van der Waals surface area contributed by atoms with E-state index in [-0.39, 0.29) is 18.7 Å². The molecule has 8 nitrogen and oxygen atoms in total. The maximum absolute atomic E-state index is 15.2. The van der Waals surface area contributed by atoms with Crippen LogP contribution in [0.2, 0.25) is 0 Å². The highest BCUT2D eigenvalue weighted by atomic mass is 19.1. The van der Waals surface area contributed by atoms with Gasteiger partial charge in [0.05, 0.1) is 17.8 Å². The molecule has 5 rings (SSSR count). The predicted octanol–water partition coefficient (Wildman–Crippen LogP) is 5.45. The van der Waals surface area contributed by atoms with Crippen molar-refractivity contribution in [3.63, 3.8) is 0 Å². The number of likely N-dealkylation sites (tertiary alicyclic amines) is 1. The predicted molar refractivity (Wildman–Crippen MR) is 158 cm³/mol. The molecule has 1 aromatic heterocycles. The second-order valence-electron chi connectivity index (χ2n) is 12.6. The van der Waals surface area contributed by atoms with E-state index in [0.29, 0.717) is 23.5 Å². The summed E-state index contributed by atoms with van der Waals surface area (Å²) in [6.07, 6.45) is 6.50. The lowest BCUT2D eigenvalue weighted by Crippen LogP contribution is -2.45. The average Bonchev–Trinajstić information content (AvgIpc) is 3.72. The number of nitrogens with one attached hydrogen (secondary N) is 1. The second kappa shape index (κ2) is 11.5. The number of benzene rings is 2. The van der Waals surface area contributed by atoms with Crippen LogP contribution in [0.3, 0.4) is 0 Å². The van der Waals surface area contributed by atoms with Gasteiger partial charge in [-0.2, -0.15) is 0 Å². The van der Waals surface area contributed by atoms with Crippen LogP contribution in [0.1, 0.15) is 69.6 Å². The summed E-state index contributed by atoms with van der Waals surface area (Å²) in [4.78, 5) is 32.3. The molecule has 3 atom stereocenters. The molecule has 0 bridgehead atoms. The van der Waals surface area contributed by atoms with E-state index in [2.05, 4.69) is 10.3 Å². The minimum atomic E-state index is -1.49. The zero-order chi connectivity index (χ0) is 30.1. The number of aliphatic hydroxyl groups is 1. The number of carbonyl (C=O) groups is 2. The third-order valence-corrected chi connectivity index (χ3v) is 8.16. The van der Waals surface area contributed by atoms with Crippen molar-refractivity contribution in [1.82, 2.24) is 9.88 Å². The van der Waals surface area contributed by atoms with Crippen LogP contribution in [-0.4, -0.2) is 45.2 Å². The van der Waals surface area contributed by atoms with Crippen LogP contribution in [0, 0.1) is 11.7 Å². The van der Waals surface area contributed by atoms with E-state index < -0.39 is 40.6 Å². The smallest absolute Gasteiger partial charge is 0.411 e. The molecule has 1 saturated heterocycles. The van der Waals surface area contributed by atoms with Gasteiger partial charge in [0.1, 0.15) is 23.1 Å². The average molecular weight is 575 g/mol. The molecule has 1 saturated carbocycles. The fraction of sp³-hybridized carbons (Fsp3) is 0.424. The molecule has 2 amide bonds. The highest BCUT2D eigenvalue weighted by Crippen LogP contribution is 2.41. The standard InChI is InChI=1S/C33H39FN4O4/c1-31(2,3)42-30(40)38-21-32(41,23-7-5-4-6-8-23)20-28(38)29(39)37-27-19-25(11-12-26(27)34)33(35,16-13-22-9-10-22)24-14-17-36-18-15-24/h4-8,11-12,14-15,17-19,22,28,41H,9-10,13,16,20-21,35H2,1-3H3,(H,37,39)/t28-,32-,33?/m1/s1. The van der Waals surface area contributed by atoms with Gasteiger partial charge in [0.15, 0.2) is 0 Å². The normalized spacial score (nSPS) is 22.0. The maximum Gasteiger partial charge on any atom is 0.411 e. The van der Waals surface area contributed by atoms with Gasteiger partial charge in [0, 0.05) is 18.8 Å². The zero-order valence-corrected chi connectivity index (χ0v) is 24.3. The Labute approximate surface area is 246 Å². The Morgan fingerprint density at radius 1 is 1.10 bits per heavy atom. The molecule has 0 spiro atoms. The van der Waals surface area contributed by atoms with Crippen LogP contribution < -0.4 is 11.1 Å². The molecular weight excluding hydrogens is 535 g/mol. The van der Waals surface area contributed by atoms with Crippen molar-refractivity contribution in [2.45, 2.75) is 75.7 Å². The Morgan fingerprint density at radius 3 is 2.43 bits per heavy atom. The van der Waals surface area contributed by atoms with Crippen LogP contribution in [0.25, 0.3) is 0 Å². The van der Waals surface area contributed by atoms with E-state index in [1.165, 1.54) is 23.8 Å². The van der Waals surface area contributed by atoms with Gasteiger partial charge in [0.25, 0.3) is 0 Å². The first-order chi connectivity index (χ1) is 19.9. The molecule has 1 aliphatic carbocycles. The van der Waals surface area contributed by atoms with Crippen LogP contribution in [-0.2, 0) is 20.7 Å². The largest absolute Gasteiger partial charge is 0.444 e. The van der Waals surface area contributed by atoms with Gasteiger partial charge >= 0.3 is 6.09 Å². The Kier molecular flexibility index (Phi) is 8.09. The highest BCUT2D eigenvalue weighted by Gasteiger charge is 2.50. The Balaban J connectivity index is 1.44. The van der Waals surface area contributed by atoms with Gasteiger partial charge in [-0.1, -0.05) is 49.2 Å². The van der Waals surface area contributed by atoms with Crippen LogP contribution in [0.5, 0.6) is 0 Å². The SMILES string of the molecule is CC(C)(C)OC(=O)N1C[C@@](O)(c2ccccc2)C[C@@H]1C(=O)Nc1cc(C(N)(CCC2CC2)c2ccncc2)ccc1F. The van der Waals surface area contributed by atoms with Gasteiger partial charge in [-0.3, -0.25) is 14.7 Å². The minimum Gasteiger partial charge on any atom is -0.444 e. The van der Waals surface area contributed by atoms with Gasteiger partial charge in [0.2, 0.25) is 5.91 Å². The Bertz CT molecular complexity index is 1430. The van der Waals surface area contributed by atoms with Crippen LogP contribution in [0.15, 0.2) is 73.1 Å². The number of amides is 2. The molecule has 42 heavy (non-hydrogen) atoms. The third kappa shape index (κ3) is 6.47. The number of halogens is 1. The number of rotatable bonds is 8. The first-order valence-corrected chi connectivity index (χ1v) is 14.5. The molecule has 9 heteroatoms. The van der Waals surface area contributed by atoms with Gasteiger partial charge < -0.3 is 20.9 Å². The van der Waals surface area contributed by atoms with Crippen molar-refractivity contribution in [2.75, 3.05) is 11.9 Å². The number of aromatic nitrogens is 1. The zero-order valence-electron chi connectivity index (χ0n) is 24.3. The molecule has 3 aromatic rings. The monoisotopic (exact) mass is 574 g/mol. The minimum absolute atomic E-state index is 0.0490. The number of anilines is 1. The number of nitrogens with zero attached hydrogens (tertiary/aromatic N) is 2. The lowest BCUT2D eigenvalue weighted by atomic mass is 9.79. The number of hydrogen-bond acceptors (Lipinski definition) is 6. The van der Waals surface area contributed by atoms with Crippen molar-refractivity contribution >= 4 is 17.7 Å².